The molecule has 0 fully saturated rings. The van der Waals surface area contributed by atoms with E-state index in [1.807, 2.05) is 49.7 Å². The molecule has 0 aliphatic rings. The van der Waals surface area contributed by atoms with E-state index >= 15 is 0 Å². The van der Waals surface area contributed by atoms with Crippen LogP contribution in [0.2, 0.25) is 0 Å². The first kappa shape index (κ1) is 21.8. The number of ether oxygens (including phenoxy) is 2. The molecule has 1 N–H and O–H groups in total. The highest BCUT2D eigenvalue weighted by molar-refractivity contribution is 5.76. The summed E-state index contributed by atoms with van der Waals surface area (Å²) in [6, 6.07) is 7.77. The molecule has 0 saturated carbocycles. The second kappa shape index (κ2) is 10.7. The molecule has 6 heteroatoms. The molecule has 0 radical (unpaired) electrons. The fourth-order valence-electron chi connectivity index (χ4n) is 2.96. The van der Waals surface area contributed by atoms with Gasteiger partial charge in [-0.05, 0) is 57.4 Å². The number of carbonyl (C=O) groups is 1. The maximum atomic E-state index is 12.4. The van der Waals surface area contributed by atoms with Crippen molar-refractivity contribution in [2.45, 2.75) is 66.5 Å². The van der Waals surface area contributed by atoms with E-state index in [0.717, 1.165) is 41.3 Å². The Hall–Kier alpha value is -2.50. The van der Waals surface area contributed by atoms with Gasteiger partial charge in [0.1, 0.15) is 0 Å². The second-order valence-electron chi connectivity index (χ2n) is 7.09. The van der Waals surface area contributed by atoms with Crippen LogP contribution < -0.4 is 14.8 Å². The number of amides is 1. The molecule has 1 atom stereocenters. The van der Waals surface area contributed by atoms with Crippen LogP contribution in [-0.2, 0) is 11.3 Å². The average molecular weight is 388 g/mol. The lowest BCUT2D eigenvalue weighted by atomic mass is 10.1. The third-order valence-corrected chi connectivity index (χ3v) is 4.42. The fourth-order valence-corrected chi connectivity index (χ4v) is 2.96. The number of rotatable bonds is 11. The molecular formula is C22H33N3O3. The monoisotopic (exact) mass is 387 g/mol. The van der Waals surface area contributed by atoms with E-state index in [-0.39, 0.29) is 11.9 Å². The first-order valence-electron chi connectivity index (χ1n) is 10.1. The summed E-state index contributed by atoms with van der Waals surface area (Å²) in [7, 11) is 0. The summed E-state index contributed by atoms with van der Waals surface area (Å²) >= 11 is 0. The lowest BCUT2D eigenvalue weighted by Gasteiger charge is -2.18. The Morgan fingerprint density at radius 3 is 2.39 bits per heavy atom. The van der Waals surface area contributed by atoms with Crippen molar-refractivity contribution in [2.75, 3.05) is 13.2 Å². The van der Waals surface area contributed by atoms with Crippen molar-refractivity contribution in [1.82, 2.24) is 15.1 Å². The largest absolute Gasteiger partial charge is 0.490 e. The smallest absolute Gasteiger partial charge is 0.222 e. The first-order valence-corrected chi connectivity index (χ1v) is 10.1. The van der Waals surface area contributed by atoms with Crippen molar-refractivity contribution in [1.29, 1.82) is 0 Å². The summed E-state index contributed by atoms with van der Waals surface area (Å²) in [4.78, 5) is 12.4. The van der Waals surface area contributed by atoms with Crippen LogP contribution in [0, 0.1) is 13.8 Å². The maximum Gasteiger partial charge on any atom is 0.222 e. The Morgan fingerprint density at radius 2 is 1.79 bits per heavy atom. The highest BCUT2D eigenvalue weighted by Gasteiger charge is 2.14. The van der Waals surface area contributed by atoms with Gasteiger partial charge in [0.2, 0.25) is 5.91 Å². The number of nitrogens with zero attached hydrogens (tertiary/aromatic N) is 2. The molecular weight excluding hydrogens is 354 g/mol. The molecule has 2 aromatic rings. The average Bonchev–Trinajstić information content (AvgIpc) is 3.00. The van der Waals surface area contributed by atoms with E-state index in [1.54, 1.807) is 0 Å². The molecule has 0 saturated heterocycles. The van der Waals surface area contributed by atoms with E-state index in [0.29, 0.717) is 26.2 Å². The summed E-state index contributed by atoms with van der Waals surface area (Å²) in [5, 5.41) is 7.46. The summed E-state index contributed by atoms with van der Waals surface area (Å²) in [5.41, 5.74) is 3.03. The summed E-state index contributed by atoms with van der Waals surface area (Å²) in [6.07, 6.45) is 2.26. The normalized spacial score (nSPS) is 11.9. The Morgan fingerprint density at radius 1 is 1.11 bits per heavy atom. The minimum Gasteiger partial charge on any atom is -0.490 e. The van der Waals surface area contributed by atoms with Crippen LogP contribution >= 0.6 is 0 Å². The van der Waals surface area contributed by atoms with Gasteiger partial charge in [-0.15, -0.1) is 0 Å². The zero-order valence-electron chi connectivity index (χ0n) is 17.7. The SMILES string of the molecule is CCCOc1ccc(C(C)NC(=O)CCn2nc(C)cc2C)cc1OCCC. The molecule has 1 aromatic carbocycles. The zero-order chi connectivity index (χ0) is 20.5. The standard InChI is InChI=1S/C22H33N3O3/c1-6-12-27-20-9-8-19(15-21(20)28-13-7-2)18(5)23-22(26)10-11-25-17(4)14-16(3)24-25/h8-9,14-15,18H,6-7,10-13H2,1-5H3,(H,23,26). The van der Waals surface area contributed by atoms with Crippen molar-refractivity contribution in [3.05, 3.63) is 41.2 Å². The van der Waals surface area contributed by atoms with Gasteiger partial charge < -0.3 is 14.8 Å². The Bertz CT molecular complexity index is 770. The molecule has 1 unspecified atom stereocenters. The summed E-state index contributed by atoms with van der Waals surface area (Å²) in [6.45, 7) is 11.9. The number of nitrogens with one attached hydrogen (secondary N) is 1. The molecule has 1 aromatic heterocycles. The Labute approximate surface area is 168 Å². The molecule has 0 aliphatic carbocycles. The topological polar surface area (TPSA) is 65.4 Å². The predicted molar refractivity (Wildman–Crippen MR) is 111 cm³/mol. The van der Waals surface area contributed by atoms with Crippen molar-refractivity contribution in [3.8, 4) is 11.5 Å². The van der Waals surface area contributed by atoms with Gasteiger partial charge in [-0.3, -0.25) is 9.48 Å². The van der Waals surface area contributed by atoms with Crippen LogP contribution in [0.1, 0.15) is 63.0 Å². The highest BCUT2D eigenvalue weighted by atomic mass is 16.5. The molecule has 0 spiro atoms. The predicted octanol–water partition coefficient (Wildman–Crippen LogP) is 4.35. The maximum absolute atomic E-state index is 12.4. The van der Waals surface area contributed by atoms with Crippen LogP contribution in [0.4, 0.5) is 0 Å². The second-order valence-corrected chi connectivity index (χ2v) is 7.09. The van der Waals surface area contributed by atoms with Gasteiger partial charge in [0.05, 0.1) is 24.9 Å². The van der Waals surface area contributed by atoms with Gasteiger partial charge in [-0.1, -0.05) is 19.9 Å². The van der Waals surface area contributed by atoms with Crippen molar-refractivity contribution < 1.29 is 14.3 Å². The van der Waals surface area contributed by atoms with Gasteiger partial charge in [-0.2, -0.15) is 5.10 Å². The van der Waals surface area contributed by atoms with Gasteiger partial charge in [0, 0.05) is 18.7 Å². The van der Waals surface area contributed by atoms with Crippen molar-refractivity contribution >= 4 is 5.91 Å². The number of carbonyl (C=O) groups excluding carboxylic acids is 1. The summed E-state index contributed by atoms with van der Waals surface area (Å²) in [5.74, 6) is 1.49. The van der Waals surface area contributed by atoms with Gasteiger partial charge in [-0.25, -0.2) is 0 Å². The number of aryl methyl sites for hydroxylation is 3. The molecule has 1 amide bonds. The quantitative estimate of drug-likeness (QED) is 0.623. The van der Waals surface area contributed by atoms with Crippen LogP contribution in [0.15, 0.2) is 24.3 Å². The lowest BCUT2D eigenvalue weighted by molar-refractivity contribution is -0.122. The Kier molecular flexibility index (Phi) is 8.36. The van der Waals surface area contributed by atoms with Crippen molar-refractivity contribution in [2.24, 2.45) is 0 Å². The molecule has 6 nitrogen and oxygen atoms in total. The lowest BCUT2D eigenvalue weighted by Crippen LogP contribution is -2.27. The number of benzene rings is 1. The molecule has 1 heterocycles. The van der Waals surface area contributed by atoms with Gasteiger partial charge in [0.15, 0.2) is 11.5 Å². The number of hydrogen-bond donors (Lipinski definition) is 1. The Balaban J connectivity index is 1.98. The third kappa shape index (κ3) is 6.29. The fraction of sp³-hybridized carbons (Fsp3) is 0.545. The van der Waals surface area contributed by atoms with Gasteiger partial charge in [0.25, 0.3) is 0 Å². The molecule has 0 bridgehead atoms. The minimum atomic E-state index is -0.114. The highest BCUT2D eigenvalue weighted by Crippen LogP contribution is 2.31. The number of aromatic nitrogens is 2. The zero-order valence-corrected chi connectivity index (χ0v) is 17.7. The molecule has 154 valence electrons. The molecule has 0 aliphatic heterocycles. The minimum absolute atomic E-state index is 0.00221. The van der Waals surface area contributed by atoms with E-state index in [2.05, 4.69) is 24.3 Å². The van der Waals surface area contributed by atoms with E-state index in [4.69, 9.17) is 9.47 Å². The molecule has 2 rings (SSSR count). The molecule has 28 heavy (non-hydrogen) atoms. The first-order chi connectivity index (χ1) is 13.4. The van der Waals surface area contributed by atoms with E-state index < -0.39 is 0 Å². The van der Waals surface area contributed by atoms with E-state index in [9.17, 15) is 4.79 Å². The summed E-state index contributed by atoms with van der Waals surface area (Å²) < 4.78 is 13.5. The number of hydrogen-bond acceptors (Lipinski definition) is 4. The van der Waals surface area contributed by atoms with Crippen molar-refractivity contribution in [3.63, 3.8) is 0 Å². The third-order valence-electron chi connectivity index (χ3n) is 4.42. The van der Waals surface area contributed by atoms with Gasteiger partial charge >= 0.3 is 0 Å². The van der Waals surface area contributed by atoms with Crippen LogP contribution in [0.25, 0.3) is 0 Å². The van der Waals surface area contributed by atoms with E-state index in [1.165, 1.54) is 0 Å². The van der Waals surface area contributed by atoms with Crippen LogP contribution in [0.5, 0.6) is 11.5 Å². The van der Waals surface area contributed by atoms with Crippen LogP contribution in [-0.4, -0.2) is 28.9 Å². The van der Waals surface area contributed by atoms with Crippen LogP contribution in [0.3, 0.4) is 0 Å².